The molecule has 0 saturated heterocycles. The van der Waals surface area contributed by atoms with Gasteiger partial charge in [0.25, 0.3) is 0 Å². The van der Waals surface area contributed by atoms with Crippen LogP contribution >= 0.6 is 0 Å². The first-order valence-corrected chi connectivity index (χ1v) is 12.0. The third-order valence-electron chi connectivity index (χ3n) is 6.23. The van der Waals surface area contributed by atoms with E-state index in [1.165, 1.54) is 5.56 Å². The van der Waals surface area contributed by atoms with Crippen LogP contribution in [0.3, 0.4) is 0 Å². The van der Waals surface area contributed by atoms with E-state index in [-0.39, 0.29) is 11.7 Å². The fraction of sp³-hybridized carbons (Fsp3) is 0.367. The SMILES string of the molecule is CC(=O)c1ccc(OCc2ccccc2)c(C(CCN(C(C)C)C(C)C)c2ccccc2)c1. The maximum Gasteiger partial charge on any atom is 0.159 e. The molecule has 0 N–H and O–H groups in total. The first-order valence-electron chi connectivity index (χ1n) is 12.0. The number of nitrogens with zero attached hydrogens (tertiary/aromatic N) is 1. The summed E-state index contributed by atoms with van der Waals surface area (Å²) in [7, 11) is 0. The van der Waals surface area contributed by atoms with E-state index in [2.05, 4.69) is 69.0 Å². The van der Waals surface area contributed by atoms with Crippen LogP contribution in [0.15, 0.2) is 78.9 Å². The zero-order valence-electron chi connectivity index (χ0n) is 20.6. The van der Waals surface area contributed by atoms with Gasteiger partial charge in [0.2, 0.25) is 0 Å². The second-order valence-corrected chi connectivity index (χ2v) is 9.26. The van der Waals surface area contributed by atoms with Crippen molar-refractivity contribution in [2.75, 3.05) is 6.54 Å². The lowest BCUT2D eigenvalue weighted by atomic mass is 9.86. The van der Waals surface area contributed by atoms with Gasteiger partial charge in [-0.3, -0.25) is 9.69 Å². The number of hydrogen-bond donors (Lipinski definition) is 0. The van der Waals surface area contributed by atoms with E-state index in [1.54, 1.807) is 6.92 Å². The summed E-state index contributed by atoms with van der Waals surface area (Å²) in [4.78, 5) is 14.8. The second-order valence-electron chi connectivity index (χ2n) is 9.26. The Morgan fingerprint density at radius 3 is 2.03 bits per heavy atom. The van der Waals surface area contributed by atoms with E-state index in [1.807, 2.05) is 42.5 Å². The van der Waals surface area contributed by atoms with Gasteiger partial charge >= 0.3 is 0 Å². The standard InChI is InChI=1S/C30H37NO2/c1-22(2)31(23(3)4)19-18-28(26-14-10-7-11-15-26)29-20-27(24(5)32)16-17-30(29)33-21-25-12-8-6-9-13-25/h6-17,20,22-23,28H,18-19,21H2,1-5H3. The minimum absolute atomic E-state index is 0.0728. The van der Waals surface area contributed by atoms with Crippen molar-refractivity contribution in [1.82, 2.24) is 4.90 Å². The summed E-state index contributed by atoms with van der Waals surface area (Å²) in [6, 6.07) is 27.6. The number of Topliss-reactive ketones (excluding diaryl/α,β-unsaturated/α-hetero) is 1. The molecule has 0 bridgehead atoms. The molecule has 0 fully saturated rings. The molecule has 0 amide bonds. The van der Waals surface area contributed by atoms with E-state index in [0.29, 0.717) is 18.7 Å². The molecule has 33 heavy (non-hydrogen) atoms. The predicted molar refractivity (Wildman–Crippen MR) is 137 cm³/mol. The fourth-order valence-electron chi connectivity index (χ4n) is 4.48. The zero-order chi connectivity index (χ0) is 23.8. The molecule has 0 radical (unpaired) electrons. The smallest absolute Gasteiger partial charge is 0.159 e. The van der Waals surface area contributed by atoms with Crippen molar-refractivity contribution in [2.24, 2.45) is 0 Å². The van der Waals surface area contributed by atoms with Crippen LogP contribution in [0.5, 0.6) is 5.75 Å². The lowest BCUT2D eigenvalue weighted by Gasteiger charge is -2.32. The maximum atomic E-state index is 12.2. The number of ether oxygens (including phenoxy) is 1. The third-order valence-corrected chi connectivity index (χ3v) is 6.23. The van der Waals surface area contributed by atoms with Gasteiger partial charge in [-0.1, -0.05) is 60.7 Å². The fourth-order valence-corrected chi connectivity index (χ4v) is 4.48. The molecule has 3 nitrogen and oxygen atoms in total. The molecular formula is C30H37NO2. The topological polar surface area (TPSA) is 29.5 Å². The number of benzene rings is 3. The molecule has 1 atom stereocenters. The Hall–Kier alpha value is -2.91. The van der Waals surface area contributed by atoms with Gasteiger partial charge in [-0.25, -0.2) is 0 Å². The largest absolute Gasteiger partial charge is 0.489 e. The van der Waals surface area contributed by atoms with Crippen molar-refractivity contribution in [1.29, 1.82) is 0 Å². The van der Waals surface area contributed by atoms with E-state index in [9.17, 15) is 4.79 Å². The van der Waals surface area contributed by atoms with Crippen LogP contribution in [0.2, 0.25) is 0 Å². The van der Waals surface area contributed by atoms with Crippen LogP contribution < -0.4 is 4.74 Å². The summed E-state index contributed by atoms with van der Waals surface area (Å²) in [5, 5.41) is 0. The summed E-state index contributed by atoms with van der Waals surface area (Å²) >= 11 is 0. The Labute approximate surface area is 199 Å². The molecule has 0 spiro atoms. The van der Waals surface area contributed by atoms with Gasteiger partial charge in [0, 0.05) is 29.1 Å². The minimum atomic E-state index is 0.0728. The Morgan fingerprint density at radius 1 is 0.848 bits per heavy atom. The van der Waals surface area contributed by atoms with Crippen LogP contribution in [0.1, 0.15) is 74.0 Å². The molecule has 0 aliphatic carbocycles. The molecule has 1 unspecified atom stereocenters. The van der Waals surface area contributed by atoms with Crippen LogP contribution in [0, 0.1) is 0 Å². The van der Waals surface area contributed by atoms with Crippen molar-refractivity contribution in [3.8, 4) is 5.75 Å². The highest BCUT2D eigenvalue weighted by Gasteiger charge is 2.23. The molecule has 3 heteroatoms. The monoisotopic (exact) mass is 443 g/mol. The molecule has 3 aromatic rings. The molecule has 0 saturated carbocycles. The number of carbonyl (C=O) groups excluding carboxylic acids is 1. The highest BCUT2D eigenvalue weighted by Crippen LogP contribution is 2.36. The summed E-state index contributed by atoms with van der Waals surface area (Å²) in [5.74, 6) is 1.05. The summed E-state index contributed by atoms with van der Waals surface area (Å²) in [6.45, 7) is 12.1. The van der Waals surface area contributed by atoms with Crippen molar-refractivity contribution >= 4 is 5.78 Å². The van der Waals surface area contributed by atoms with Gasteiger partial charge < -0.3 is 4.74 Å². The molecule has 3 aromatic carbocycles. The molecule has 174 valence electrons. The second kappa shape index (κ2) is 11.8. The summed E-state index contributed by atoms with van der Waals surface area (Å²) < 4.78 is 6.34. The number of ketones is 1. The Bertz CT molecular complexity index is 1000. The normalized spacial score (nSPS) is 12.4. The quantitative estimate of drug-likeness (QED) is 0.296. The minimum Gasteiger partial charge on any atom is -0.489 e. The number of rotatable bonds is 11. The van der Waals surface area contributed by atoms with E-state index >= 15 is 0 Å². The van der Waals surface area contributed by atoms with Gasteiger partial charge in [-0.2, -0.15) is 0 Å². The average molecular weight is 444 g/mol. The van der Waals surface area contributed by atoms with Crippen molar-refractivity contribution in [2.45, 2.75) is 65.6 Å². The number of carbonyl (C=O) groups is 1. The molecule has 0 heterocycles. The summed E-state index contributed by atoms with van der Waals surface area (Å²) in [6.07, 6.45) is 0.948. The van der Waals surface area contributed by atoms with Crippen LogP contribution in [-0.4, -0.2) is 29.3 Å². The van der Waals surface area contributed by atoms with Crippen molar-refractivity contribution < 1.29 is 9.53 Å². The van der Waals surface area contributed by atoms with Crippen LogP contribution in [0.4, 0.5) is 0 Å². The Kier molecular flexibility index (Phi) is 8.85. The zero-order valence-corrected chi connectivity index (χ0v) is 20.6. The first kappa shape index (κ1) is 24.7. The molecule has 3 rings (SSSR count). The lowest BCUT2D eigenvalue weighted by Crippen LogP contribution is -2.38. The Morgan fingerprint density at radius 2 is 1.45 bits per heavy atom. The van der Waals surface area contributed by atoms with Gasteiger partial charge in [0.15, 0.2) is 5.78 Å². The van der Waals surface area contributed by atoms with Crippen LogP contribution in [0.25, 0.3) is 0 Å². The van der Waals surface area contributed by atoms with Crippen LogP contribution in [-0.2, 0) is 6.61 Å². The third kappa shape index (κ3) is 6.79. The molecular weight excluding hydrogens is 406 g/mol. The van der Waals surface area contributed by atoms with Gasteiger partial charge in [-0.15, -0.1) is 0 Å². The number of hydrogen-bond acceptors (Lipinski definition) is 3. The predicted octanol–water partition coefficient (Wildman–Crippen LogP) is 7.11. The van der Waals surface area contributed by atoms with E-state index < -0.39 is 0 Å². The van der Waals surface area contributed by atoms with Gasteiger partial charge in [0.1, 0.15) is 12.4 Å². The highest BCUT2D eigenvalue weighted by atomic mass is 16.5. The summed E-state index contributed by atoms with van der Waals surface area (Å²) in [5.41, 5.74) is 4.18. The molecule has 0 aliphatic rings. The first-order chi connectivity index (χ1) is 15.9. The lowest BCUT2D eigenvalue weighted by molar-refractivity contribution is 0.101. The van der Waals surface area contributed by atoms with Gasteiger partial charge in [0.05, 0.1) is 0 Å². The molecule has 0 aliphatic heterocycles. The molecule has 0 aromatic heterocycles. The highest BCUT2D eigenvalue weighted by molar-refractivity contribution is 5.94. The van der Waals surface area contributed by atoms with Crippen molar-refractivity contribution in [3.63, 3.8) is 0 Å². The Balaban J connectivity index is 1.99. The van der Waals surface area contributed by atoms with Crippen molar-refractivity contribution in [3.05, 3.63) is 101 Å². The van der Waals surface area contributed by atoms with Gasteiger partial charge in [-0.05, 0) is 76.9 Å². The average Bonchev–Trinajstić information content (AvgIpc) is 2.81. The maximum absolute atomic E-state index is 12.2. The van der Waals surface area contributed by atoms with E-state index in [0.717, 1.165) is 35.4 Å². The van der Waals surface area contributed by atoms with E-state index in [4.69, 9.17) is 4.74 Å².